The normalized spacial score (nSPS) is 26.8. The van der Waals surface area contributed by atoms with Crippen LogP contribution in [0, 0.1) is 25.2 Å². The predicted molar refractivity (Wildman–Crippen MR) is 97.7 cm³/mol. The number of carboxylic acid groups (broad SMARTS) is 1. The highest BCUT2D eigenvalue weighted by molar-refractivity contribution is 7.99. The van der Waals surface area contributed by atoms with Crippen LogP contribution < -0.4 is 0 Å². The number of likely N-dealkylation sites (tertiary alicyclic amines) is 1. The largest absolute Gasteiger partial charge is 0.481 e. The van der Waals surface area contributed by atoms with E-state index < -0.39 is 11.4 Å². The third-order valence-corrected chi connectivity index (χ3v) is 6.50. The molecule has 128 valence electrons. The van der Waals surface area contributed by atoms with Crippen molar-refractivity contribution in [2.75, 3.05) is 25.4 Å². The molecule has 3 rings (SSSR count). The minimum atomic E-state index is -0.570. The molecule has 0 aromatic heterocycles. The van der Waals surface area contributed by atoms with Gasteiger partial charge in [0.1, 0.15) is 0 Å². The number of aryl methyl sites for hydroxylation is 2. The van der Waals surface area contributed by atoms with Crippen LogP contribution in [0.15, 0.2) is 23.1 Å². The van der Waals surface area contributed by atoms with E-state index in [1.807, 2.05) is 11.8 Å². The number of fused-ring (bicyclic) bond motifs is 1. The van der Waals surface area contributed by atoms with Crippen LogP contribution in [0.2, 0.25) is 0 Å². The molecule has 1 heterocycles. The Bertz CT molecular complexity index is 580. The first kappa shape index (κ1) is 18.6. The molecule has 1 saturated carbocycles. The summed E-state index contributed by atoms with van der Waals surface area (Å²) in [5, 5.41) is 9.62. The molecule has 5 heteroatoms. The van der Waals surface area contributed by atoms with Crippen molar-refractivity contribution in [2.45, 2.75) is 38.0 Å². The quantitative estimate of drug-likeness (QED) is 0.810. The van der Waals surface area contributed by atoms with Gasteiger partial charge in [0.15, 0.2) is 0 Å². The van der Waals surface area contributed by atoms with Gasteiger partial charge in [0.25, 0.3) is 0 Å². The summed E-state index contributed by atoms with van der Waals surface area (Å²) in [5.74, 6) is 0.834. The summed E-state index contributed by atoms with van der Waals surface area (Å²) >= 11 is 1.88. The van der Waals surface area contributed by atoms with Gasteiger partial charge in [0.2, 0.25) is 0 Å². The molecule has 2 fully saturated rings. The summed E-state index contributed by atoms with van der Waals surface area (Å²) in [6.45, 7) is 7.00. The Morgan fingerprint density at radius 1 is 1.39 bits per heavy atom. The Morgan fingerprint density at radius 3 is 2.83 bits per heavy atom. The van der Waals surface area contributed by atoms with Crippen LogP contribution in [0.5, 0.6) is 0 Å². The minimum Gasteiger partial charge on any atom is -0.481 e. The van der Waals surface area contributed by atoms with Crippen molar-refractivity contribution >= 4 is 30.1 Å². The lowest BCUT2D eigenvalue weighted by Crippen LogP contribution is -2.36. The fourth-order valence-corrected chi connectivity index (χ4v) is 5.02. The van der Waals surface area contributed by atoms with E-state index >= 15 is 0 Å². The van der Waals surface area contributed by atoms with Crippen LogP contribution in [0.4, 0.5) is 0 Å². The number of carbonyl (C=O) groups is 1. The van der Waals surface area contributed by atoms with E-state index in [2.05, 4.69) is 36.9 Å². The second kappa shape index (κ2) is 7.45. The van der Waals surface area contributed by atoms with Crippen molar-refractivity contribution < 1.29 is 9.90 Å². The lowest BCUT2D eigenvalue weighted by Gasteiger charge is -2.23. The van der Waals surface area contributed by atoms with Crippen molar-refractivity contribution in [1.82, 2.24) is 4.90 Å². The van der Waals surface area contributed by atoms with E-state index in [1.54, 1.807) is 0 Å². The monoisotopic (exact) mass is 355 g/mol. The van der Waals surface area contributed by atoms with Gasteiger partial charge in [-0.3, -0.25) is 4.79 Å². The summed E-state index contributed by atoms with van der Waals surface area (Å²) in [6.07, 6.45) is 3.04. The smallest absolute Gasteiger partial charge is 0.311 e. The molecule has 23 heavy (non-hydrogen) atoms. The van der Waals surface area contributed by atoms with Crippen LogP contribution in [0.25, 0.3) is 0 Å². The van der Waals surface area contributed by atoms with Crippen LogP contribution in [-0.2, 0) is 4.79 Å². The average molecular weight is 356 g/mol. The first-order valence-corrected chi connectivity index (χ1v) is 9.16. The van der Waals surface area contributed by atoms with Gasteiger partial charge in [-0.15, -0.1) is 24.2 Å². The van der Waals surface area contributed by atoms with Crippen molar-refractivity contribution in [3.63, 3.8) is 0 Å². The molecule has 2 atom stereocenters. The fraction of sp³-hybridized carbons (Fsp3) is 0.611. The molecule has 1 aromatic carbocycles. The molecular formula is C18H26ClNO2S. The Hall–Kier alpha value is -0.710. The zero-order valence-electron chi connectivity index (χ0n) is 13.9. The maximum absolute atomic E-state index is 11.7. The number of benzene rings is 1. The number of thioether (sulfide) groups is 1. The van der Waals surface area contributed by atoms with Crippen LogP contribution in [-0.4, -0.2) is 41.4 Å². The summed E-state index contributed by atoms with van der Waals surface area (Å²) < 4.78 is 0. The highest BCUT2D eigenvalue weighted by Gasteiger charge is 2.54. The summed E-state index contributed by atoms with van der Waals surface area (Å²) in [4.78, 5) is 15.4. The highest BCUT2D eigenvalue weighted by atomic mass is 35.5. The van der Waals surface area contributed by atoms with E-state index in [-0.39, 0.29) is 12.4 Å². The molecule has 0 unspecified atom stereocenters. The molecule has 1 aromatic rings. The Kier molecular flexibility index (Phi) is 6.04. The second-order valence-corrected chi connectivity index (χ2v) is 8.05. The van der Waals surface area contributed by atoms with Gasteiger partial charge in [-0.1, -0.05) is 12.5 Å². The van der Waals surface area contributed by atoms with E-state index in [0.29, 0.717) is 5.92 Å². The molecule has 0 spiro atoms. The molecule has 1 N–H and O–H groups in total. The first-order valence-electron chi connectivity index (χ1n) is 8.17. The average Bonchev–Trinajstić information content (AvgIpc) is 3.00. The fourth-order valence-electron chi connectivity index (χ4n) is 4.01. The molecule has 3 nitrogen and oxygen atoms in total. The van der Waals surface area contributed by atoms with Crippen LogP contribution in [0.3, 0.4) is 0 Å². The third kappa shape index (κ3) is 3.70. The number of hydrogen-bond acceptors (Lipinski definition) is 3. The molecule has 1 aliphatic heterocycles. The van der Waals surface area contributed by atoms with Crippen molar-refractivity contribution in [2.24, 2.45) is 11.3 Å². The standard InChI is InChI=1S/C18H25NO2S.ClH/c1-13-5-6-16(10-14(13)2)22-9-8-19-11-15-4-3-7-18(15,12-19)17(20)21;/h5-6,10,15H,3-4,7-9,11-12H2,1-2H3,(H,20,21);1H/t15-,18+;/m0./s1. The number of aliphatic carboxylic acids is 1. The van der Waals surface area contributed by atoms with Crippen molar-refractivity contribution in [3.05, 3.63) is 29.3 Å². The zero-order valence-corrected chi connectivity index (χ0v) is 15.5. The van der Waals surface area contributed by atoms with Crippen LogP contribution in [0.1, 0.15) is 30.4 Å². The SMILES string of the molecule is Cc1ccc(SCCN2C[C@@H]3CCC[C@@]3(C(=O)O)C2)cc1C.Cl. The molecule has 0 amide bonds. The van der Waals surface area contributed by atoms with Gasteiger partial charge in [0, 0.05) is 30.3 Å². The lowest BCUT2D eigenvalue weighted by atomic mass is 9.81. The molecule has 1 saturated heterocycles. The second-order valence-electron chi connectivity index (χ2n) is 6.88. The number of halogens is 1. The Morgan fingerprint density at radius 2 is 2.17 bits per heavy atom. The minimum absolute atomic E-state index is 0. The van der Waals surface area contributed by atoms with Crippen molar-refractivity contribution in [1.29, 1.82) is 0 Å². The summed E-state index contributed by atoms with van der Waals surface area (Å²) in [5.41, 5.74) is 2.23. The highest BCUT2D eigenvalue weighted by Crippen LogP contribution is 2.48. The number of rotatable bonds is 5. The van der Waals surface area contributed by atoms with Gasteiger partial charge < -0.3 is 10.0 Å². The van der Waals surface area contributed by atoms with Crippen LogP contribution >= 0.6 is 24.2 Å². The van der Waals surface area contributed by atoms with Gasteiger partial charge in [-0.05, 0) is 55.9 Å². The molecule has 0 radical (unpaired) electrons. The van der Waals surface area contributed by atoms with E-state index in [1.165, 1.54) is 16.0 Å². The van der Waals surface area contributed by atoms with E-state index in [0.717, 1.165) is 44.6 Å². The Balaban J connectivity index is 0.00000192. The topological polar surface area (TPSA) is 40.5 Å². The molecule has 1 aliphatic carbocycles. The van der Waals surface area contributed by atoms with Gasteiger partial charge in [-0.25, -0.2) is 0 Å². The lowest BCUT2D eigenvalue weighted by molar-refractivity contribution is -0.149. The molecule has 0 bridgehead atoms. The molecule has 2 aliphatic rings. The predicted octanol–water partition coefficient (Wildman–Crippen LogP) is 4.00. The van der Waals surface area contributed by atoms with Crippen molar-refractivity contribution in [3.8, 4) is 0 Å². The summed E-state index contributed by atoms with van der Waals surface area (Å²) in [7, 11) is 0. The van der Waals surface area contributed by atoms with Gasteiger partial charge in [0.05, 0.1) is 5.41 Å². The number of nitrogens with zero attached hydrogens (tertiary/aromatic N) is 1. The van der Waals surface area contributed by atoms with E-state index in [9.17, 15) is 9.90 Å². The maximum atomic E-state index is 11.7. The summed E-state index contributed by atoms with van der Waals surface area (Å²) in [6, 6.07) is 6.61. The maximum Gasteiger partial charge on any atom is 0.311 e. The first-order chi connectivity index (χ1) is 10.5. The zero-order chi connectivity index (χ0) is 15.7. The Labute approximate surface area is 149 Å². The number of hydrogen-bond donors (Lipinski definition) is 1. The third-order valence-electron chi connectivity index (χ3n) is 5.52. The van der Waals surface area contributed by atoms with E-state index in [4.69, 9.17) is 0 Å². The molecular weight excluding hydrogens is 330 g/mol. The number of carboxylic acids is 1. The van der Waals surface area contributed by atoms with Gasteiger partial charge in [-0.2, -0.15) is 0 Å². The van der Waals surface area contributed by atoms with Gasteiger partial charge >= 0.3 is 5.97 Å².